The number of nitrogens with one attached hydrogen (secondary N) is 1. The average molecular weight is 240 g/mol. The summed E-state index contributed by atoms with van der Waals surface area (Å²) in [6.45, 7) is 10.8. The van der Waals surface area contributed by atoms with Crippen LogP contribution in [-0.4, -0.2) is 36.0 Å². The summed E-state index contributed by atoms with van der Waals surface area (Å²) in [5.41, 5.74) is 0. The van der Waals surface area contributed by atoms with Crippen LogP contribution in [0.4, 0.5) is 0 Å². The van der Waals surface area contributed by atoms with Crippen LogP contribution < -0.4 is 5.32 Å². The lowest BCUT2D eigenvalue weighted by Gasteiger charge is -2.25. The molecule has 3 nitrogen and oxygen atoms in total. The first-order valence-electron chi connectivity index (χ1n) is 7.09. The molecule has 1 amide bonds. The van der Waals surface area contributed by atoms with Crippen molar-refractivity contribution in [3.8, 4) is 0 Å². The summed E-state index contributed by atoms with van der Waals surface area (Å²) >= 11 is 0. The van der Waals surface area contributed by atoms with Crippen LogP contribution in [0.25, 0.3) is 0 Å². The summed E-state index contributed by atoms with van der Waals surface area (Å²) in [6, 6.07) is 0.429. The summed E-state index contributed by atoms with van der Waals surface area (Å²) in [7, 11) is 0. The molecular weight excluding hydrogens is 212 g/mol. The van der Waals surface area contributed by atoms with Crippen LogP contribution in [0.3, 0.4) is 0 Å². The van der Waals surface area contributed by atoms with E-state index in [0.717, 1.165) is 32.4 Å². The molecule has 0 radical (unpaired) electrons. The van der Waals surface area contributed by atoms with Crippen molar-refractivity contribution in [1.29, 1.82) is 0 Å². The highest BCUT2D eigenvalue weighted by Crippen LogP contribution is 2.19. The third-order valence-electron chi connectivity index (χ3n) is 3.66. The van der Waals surface area contributed by atoms with E-state index in [4.69, 9.17) is 0 Å². The van der Waals surface area contributed by atoms with E-state index in [1.54, 1.807) is 0 Å². The van der Waals surface area contributed by atoms with E-state index in [0.29, 0.717) is 12.0 Å². The van der Waals surface area contributed by atoms with Crippen LogP contribution in [0.1, 0.15) is 53.4 Å². The van der Waals surface area contributed by atoms with Gasteiger partial charge in [0.1, 0.15) is 0 Å². The maximum Gasteiger partial charge on any atom is 0.237 e. The Bertz CT molecular complexity index is 240. The molecule has 100 valence electrons. The van der Waals surface area contributed by atoms with Crippen LogP contribution in [0.15, 0.2) is 0 Å². The lowest BCUT2D eigenvalue weighted by molar-refractivity contribution is -0.126. The van der Waals surface area contributed by atoms with Gasteiger partial charge in [-0.1, -0.05) is 20.8 Å². The Morgan fingerprint density at radius 2 is 2.12 bits per heavy atom. The molecule has 1 unspecified atom stereocenters. The first kappa shape index (κ1) is 14.5. The number of hydrogen-bond acceptors (Lipinski definition) is 2. The van der Waals surface area contributed by atoms with Gasteiger partial charge in [0.05, 0.1) is 6.04 Å². The van der Waals surface area contributed by atoms with Crippen molar-refractivity contribution in [2.45, 2.75) is 65.5 Å². The van der Waals surface area contributed by atoms with Gasteiger partial charge in [-0.05, 0) is 51.6 Å². The number of likely N-dealkylation sites (tertiary alicyclic amines) is 1. The van der Waals surface area contributed by atoms with E-state index in [2.05, 4.69) is 37.9 Å². The molecule has 2 atom stereocenters. The second-order valence-electron chi connectivity index (χ2n) is 5.69. The number of nitrogens with zero attached hydrogens (tertiary/aromatic N) is 1. The molecule has 1 heterocycles. The van der Waals surface area contributed by atoms with Crippen molar-refractivity contribution in [1.82, 2.24) is 10.2 Å². The second-order valence-corrected chi connectivity index (χ2v) is 5.69. The van der Waals surface area contributed by atoms with Gasteiger partial charge in [-0.15, -0.1) is 0 Å². The maximum absolute atomic E-state index is 12.1. The number of hydrogen-bond donors (Lipinski definition) is 1. The van der Waals surface area contributed by atoms with Gasteiger partial charge >= 0.3 is 0 Å². The van der Waals surface area contributed by atoms with Crippen LogP contribution in [-0.2, 0) is 4.79 Å². The van der Waals surface area contributed by atoms with Gasteiger partial charge in [-0.25, -0.2) is 0 Å². The highest BCUT2D eigenvalue weighted by atomic mass is 16.2. The van der Waals surface area contributed by atoms with Crippen molar-refractivity contribution in [2.75, 3.05) is 13.1 Å². The molecule has 0 bridgehead atoms. The first-order valence-corrected chi connectivity index (χ1v) is 7.09. The zero-order valence-electron chi connectivity index (χ0n) is 11.8. The second kappa shape index (κ2) is 7.00. The van der Waals surface area contributed by atoms with Crippen molar-refractivity contribution in [2.24, 2.45) is 5.92 Å². The standard InChI is InChI=1S/C14H28N2O/c1-5-12(4)15-14(17)13-7-6-9-16(13)10-8-11(2)3/h11-13H,5-10H2,1-4H3,(H,15,17)/t12?,13-/m1/s1. The van der Waals surface area contributed by atoms with Crippen molar-refractivity contribution in [3.63, 3.8) is 0 Å². The SMILES string of the molecule is CCC(C)NC(=O)[C@H]1CCCN1CCC(C)C. The van der Waals surface area contributed by atoms with E-state index in [-0.39, 0.29) is 11.9 Å². The van der Waals surface area contributed by atoms with Gasteiger partial charge in [0, 0.05) is 6.04 Å². The lowest BCUT2D eigenvalue weighted by atomic mass is 10.1. The highest BCUT2D eigenvalue weighted by molar-refractivity contribution is 5.82. The van der Waals surface area contributed by atoms with Gasteiger partial charge in [0.25, 0.3) is 0 Å². The van der Waals surface area contributed by atoms with Crippen molar-refractivity contribution in [3.05, 3.63) is 0 Å². The molecule has 0 aliphatic carbocycles. The van der Waals surface area contributed by atoms with E-state index in [1.807, 2.05) is 0 Å². The largest absolute Gasteiger partial charge is 0.352 e. The predicted molar refractivity (Wildman–Crippen MR) is 71.9 cm³/mol. The molecule has 0 spiro atoms. The van der Waals surface area contributed by atoms with E-state index in [9.17, 15) is 4.79 Å². The van der Waals surface area contributed by atoms with E-state index >= 15 is 0 Å². The molecule has 0 aromatic rings. The molecule has 1 aliphatic heterocycles. The molecule has 0 aromatic carbocycles. The van der Waals surface area contributed by atoms with Crippen LogP contribution in [0, 0.1) is 5.92 Å². The van der Waals surface area contributed by atoms with Crippen molar-refractivity contribution < 1.29 is 4.79 Å². The predicted octanol–water partition coefficient (Wildman–Crippen LogP) is 2.41. The minimum Gasteiger partial charge on any atom is -0.352 e. The number of rotatable bonds is 6. The molecular formula is C14H28N2O. The molecule has 1 rings (SSSR count). The number of carbonyl (C=O) groups is 1. The first-order chi connectivity index (χ1) is 8.04. The molecule has 3 heteroatoms. The van der Waals surface area contributed by atoms with Crippen LogP contribution in [0.2, 0.25) is 0 Å². The fourth-order valence-electron chi connectivity index (χ4n) is 2.26. The Hall–Kier alpha value is -0.570. The molecule has 1 N–H and O–H groups in total. The smallest absolute Gasteiger partial charge is 0.237 e. The van der Waals surface area contributed by atoms with Crippen molar-refractivity contribution >= 4 is 5.91 Å². The Balaban J connectivity index is 2.42. The molecule has 0 saturated carbocycles. The summed E-state index contributed by atoms with van der Waals surface area (Å²) in [6.07, 6.45) is 4.38. The van der Waals surface area contributed by atoms with E-state index < -0.39 is 0 Å². The minimum absolute atomic E-state index is 0.128. The quantitative estimate of drug-likeness (QED) is 0.773. The van der Waals surface area contributed by atoms with Crippen LogP contribution in [0.5, 0.6) is 0 Å². The van der Waals surface area contributed by atoms with Crippen LogP contribution >= 0.6 is 0 Å². The Morgan fingerprint density at radius 3 is 2.71 bits per heavy atom. The zero-order chi connectivity index (χ0) is 12.8. The average Bonchev–Trinajstić information content (AvgIpc) is 2.74. The molecule has 1 aliphatic rings. The summed E-state index contributed by atoms with van der Waals surface area (Å²) in [5, 5.41) is 3.11. The topological polar surface area (TPSA) is 32.3 Å². The molecule has 0 aromatic heterocycles. The third kappa shape index (κ3) is 4.66. The Kier molecular flexibility index (Phi) is 5.96. The fraction of sp³-hybridized carbons (Fsp3) is 0.929. The molecule has 1 fully saturated rings. The molecule has 1 saturated heterocycles. The zero-order valence-corrected chi connectivity index (χ0v) is 11.8. The monoisotopic (exact) mass is 240 g/mol. The van der Waals surface area contributed by atoms with Gasteiger partial charge < -0.3 is 5.32 Å². The third-order valence-corrected chi connectivity index (χ3v) is 3.66. The van der Waals surface area contributed by atoms with Gasteiger partial charge in [-0.3, -0.25) is 9.69 Å². The lowest BCUT2D eigenvalue weighted by Crippen LogP contribution is -2.46. The maximum atomic E-state index is 12.1. The highest BCUT2D eigenvalue weighted by Gasteiger charge is 2.30. The van der Waals surface area contributed by atoms with Gasteiger partial charge in [-0.2, -0.15) is 0 Å². The molecule has 17 heavy (non-hydrogen) atoms. The summed E-state index contributed by atoms with van der Waals surface area (Å²) in [5.74, 6) is 0.953. The van der Waals surface area contributed by atoms with Gasteiger partial charge in [0.2, 0.25) is 5.91 Å². The fourth-order valence-corrected chi connectivity index (χ4v) is 2.26. The minimum atomic E-state index is 0.128. The number of amides is 1. The Labute approximate surface area is 106 Å². The van der Waals surface area contributed by atoms with E-state index in [1.165, 1.54) is 6.42 Å². The summed E-state index contributed by atoms with van der Waals surface area (Å²) < 4.78 is 0. The number of carbonyl (C=O) groups excluding carboxylic acids is 1. The van der Waals surface area contributed by atoms with Gasteiger partial charge in [0.15, 0.2) is 0 Å². The Morgan fingerprint density at radius 1 is 1.41 bits per heavy atom. The summed E-state index contributed by atoms with van der Waals surface area (Å²) in [4.78, 5) is 14.5. The normalized spacial score (nSPS) is 23.0.